The van der Waals surface area contributed by atoms with Crippen LogP contribution >= 0.6 is 34.8 Å². The number of rotatable bonds is 9. The number of benzene rings is 2. The van der Waals surface area contributed by atoms with Crippen molar-refractivity contribution >= 4 is 44.6 Å². The van der Waals surface area contributed by atoms with E-state index in [9.17, 15) is 8.42 Å². The van der Waals surface area contributed by atoms with E-state index in [0.717, 1.165) is 22.9 Å². The molecule has 0 saturated heterocycles. The molecule has 0 atom stereocenters. The second-order valence-corrected chi connectivity index (χ2v) is 11.1. The number of hydrogen-bond acceptors (Lipinski definition) is 5. The van der Waals surface area contributed by atoms with E-state index in [4.69, 9.17) is 44.0 Å². The van der Waals surface area contributed by atoms with Crippen molar-refractivity contribution in [2.45, 2.75) is 37.1 Å². The van der Waals surface area contributed by atoms with Gasteiger partial charge in [0.05, 0.1) is 15.9 Å². The van der Waals surface area contributed by atoms with Gasteiger partial charge >= 0.3 is 0 Å². The maximum absolute atomic E-state index is 11.8. The van der Waals surface area contributed by atoms with Crippen molar-refractivity contribution in [3.8, 4) is 5.75 Å². The van der Waals surface area contributed by atoms with Crippen molar-refractivity contribution in [1.29, 1.82) is 0 Å². The highest BCUT2D eigenvalue weighted by Gasteiger charge is 2.26. The molecule has 0 N–H and O–H groups in total. The normalized spacial score (nSPS) is 12.2. The molecule has 0 unspecified atom stereocenters. The van der Waals surface area contributed by atoms with Gasteiger partial charge in [0.15, 0.2) is 27.0 Å². The second kappa shape index (κ2) is 10.0. The molecule has 9 heteroatoms. The van der Waals surface area contributed by atoms with Gasteiger partial charge in [0.2, 0.25) is 0 Å². The number of nitrogens with zero attached hydrogens (tertiary/aromatic N) is 1. The average Bonchev–Trinajstić information content (AvgIpc) is 3.21. The Kier molecular flexibility index (Phi) is 7.81. The van der Waals surface area contributed by atoms with Crippen LogP contribution in [0, 0.1) is 0 Å². The van der Waals surface area contributed by atoms with Crippen molar-refractivity contribution in [3.63, 3.8) is 0 Å². The summed E-state index contributed by atoms with van der Waals surface area (Å²) in [6, 6.07) is 11.9. The fraction of sp³-hybridized carbons (Fsp3) is 0.348. The zero-order valence-electron chi connectivity index (χ0n) is 18.0. The molecule has 5 nitrogen and oxygen atoms in total. The Balaban J connectivity index is 1.77. The van der Waals surface area contributed by atoms with Gasteiger partial charge in [0.1, 0.15) is 12.4 Å². The van der Waals surface area contributed by atoms with Crippen molar-refractivity contribution in [3.05, 3.63) is 75.3 Å². The summed E-state index contributed by atoms with van der Waals surface area (Å²) in [4.78, 5) is 3.82. The molecule has 0 saturated carbocycles. The summed E-state index contributed by atoms with van der Waals surface area (Å²) in [6.45, 7) is 4.51. The molecule has 0 bridgehead atoms. The molecule has 32 heavy (non-hydrogen) atoms. The third-order valence-corrected chi connectivity index (χ3v) is 7.07. The Morgan fingerprint density at radius 3 is 2.22 bits per heavy atom. The largest absolute Gasteiger partial charge is 0.489 e. The highest BCUT2D eigenvalue weighted by molar-refractivity contribution is 7.90. The number of oxazole rings is 1. The molecule has 0 fully saturated rings. The number of alkyl halides is 1. The van der Waals surface area contributed by atoms with Crippen molar-refractivity contribution in [2.75, 3.05) is 18.7 Å². The predicted octanol–water partition coefficient (Wildman–Crippen LogP) is 6.11. The van der Waals surface area contributed by atoms with Crippen LogP contribution in [0.15, 0.2) is 52.2 Å². The van der Waals surface area contributed by atoms with E-state index >= 15 is 0 Å². The number of sulfone groups is 1. The molecule has 0 spiro atoms. The molecule has 0 radical (unpaired) electrons. The fourth-order valence-electron chi connectivity index (χ4n) is 3.44. The van der Waals surface area contributed by atoms with E-state index in [1.165, 1.54) is 6.39 Å². The smallest absolute Gasteiger partial charge is 0.196 e. The second-order valence-electron chi connectivity index (χ2n) is 7.98. The van der Waals surface area contributed by atoms with Gasteiger partial charge in [-0.3, -0.25) is 0 Å². The predicted molar refractivity (Wildman–Crippen MR) is 128 cm³/mol. The third kappa shape index (κ3) is 5.60. The first-order valence-electron chi connectivity index (χ1n) is 9.94. The Labute approximate surface area is 203 Å². The Hall–Kier alpha value is -1.73. The van der Waals surface area contributed by atoms with Gasteiger partial charge in [0, 0.05) is 18.1 Å². The summed E-state index contributed by atoms with van der Waals surface area (Å²) in [5, 5.41) is 0.884. The molecule has 172 valence electrons. The van der Waals surface area contributed by atoms with Crippen LogP contribution in [0.2, 0.25) is 10.0 Å². The quantitative estimate of drug-likeness (QED) is 0.321. The molecular weight excluding hydrogens is 493 g/mol. The van der Waals surface area contributed by atoms with Crippen LogP contribution in [0.4, 0.5) is 0 Å². The van der Waals surface area contributed by atoms with Crippen molar-refractivity contribution in [1.82, 2.24) is 4.98 Å². The van der Waals surface area contributed by atoms with Crippen LogP contribution in [0.25, 0.3) is 0 Å². The van der Waals surface area contributed by atoms with Gasteiger partial charge in [-0.1, -0.05) is 61.3 Å². The molecule has 1 aromatic heterocycles. The minimum atomic E-state index is -3.41. The molecule has 2 aromatic carbocycles. The summed E-state index contributed by atoms with van der Waals surface area (Å²) in [6.07, 6.45) is 3.36. The van der Waals surface area contributed by atoms with Gasteiger partial charge in [-0.2, -0.15) is 0 Å². The first-order valence-corrected chi connectivity index (χ1v) is 13.1. The minimum absolute atomic E-state index is 0.00230. The number of hydrogen-bond donors (Lipinski definition) is 0. The lowest BCUT2D eigenvalue weighted by Crippen LogP contribution is -2.19. The van der Waals surface area contributed by atoms with E-state index < -0.39 is 9.84 Å². The zero-order chi connectivity index (χ0) is 23.5. The maximum Gasteiger partial charge on any atom is 0.196 e. The van der Waals surface area contributed by atoms with Crippen LogP contribution in [-0.2, 0) is 28.1 Å². The summed E-state index contributed by atoms with van der Waals surface area (Å²) < 4.78 is 34.4. The lowest BCUT2D eigenvalue weighted by Gasteiger charge is -2.27. The van der Waals surface area contributed by atoms with E-state index in [1.54, 1.807) is 0 Å². The number of aryl methyl sites for hydroxylation is 2. The van der Waals surface area contributed by atoms with Crippen LogP contribution in [-0.4, -0.2) is 32.1 Å². The lowest BCUT2D eigenvalue weighted by atomic mass is 9.78. The van der Waals surface area contributed by atoms with Gasteiger partial charge < -0.3 is 9.15 Å². The lowest BCUT2D eigenvalue weighted by molar-refractivity contribution is 0.343. The first-order chi connectivity index (χ1) is 15.0. The number of aromatic nitrogens is 1. The molecule has 0 aliphatic heterocycles. The number of halogens is 3. The van der Waals surface area contributed by atoms with Gasteiger partial charge in [-0.15, -0.1) is 11.6 Å². The monoisotopic (exact) mass is 515 g/mol. The van der Waals surface area contributed by atoms with Crippen LogP contribution in [0.3, 0.4) is 0 Å². The molecular formula is C23H24Cl3NO4S. The fourth-order valence-corrected chi connectivity index (χ4v) is 4.91. The summed E-state index contributed by atoms with van der Waals surface area (Å²) in [5.74, 6) is 1.15. The van der Waals surface area contributed by atoms with Crippen LogP contribution < -0.4 is 4.74 Å². The molecule has 1 heterocycles. The van der Waals surface area contributed by atoms with Crippen LogP contribution in [0.1, 0.15) is 36.3 Å². The Morgan fingerprint density at radius 2 is 1.66 bits per heavy atom. The van der Waals surface area contributed by atoms with Gasteiger partial charge in [0.25, 0.3) is 0 Å². The zero-order valence-corrected chi connectivity index (χ0v) is 21.1. The van der Waals surface area contributed by atoms with Crippen LogP contribution in [0.5, 0.6) is 5.75 Å². The van der Waals surface area contributed by atoms with E-state index in [0.29, 0.717) is 46.9 Å². The minimum Gasteiger partial charge on any atom is -0.489 e. The standard InChI is InChI=1S/C23H24Cl3NO4S/c1-23(2,17-12-18(25)21(19(26)13-17)30-11-10-24)16-7-4-15(5-8-16)6-9-20-22(27-14-31-20)32(3,28)29/h4-5,7-8,12-14H,6,9-11H2,1-3H3. The summed E-state index contributed by atoms with van der Waals surface area (Å²) in [7, 11) is -3.41. The van der Waals surface area contributed by atoms with Gasteiger partial charge in [-0.05, 0) is 35.2 Å². The van der Waals surface area contributed by atoms with Gasteiger partial charge in [-0.25, -0.2) is 13.4 Å². The summed E-state index contributed by atoms with van der Waals surface area (Å²) in [5.41, 5.74) is 2.74. The number of ether oxygens (including phenoxy) is 1. The molecule has 0 aliphatic carbocycles. The summed E-state index contributed by atoms with van der Waals surface area (Å²) >= 11 is 18.5. The van der Waals surface area contributed by atoms with E-state index in [-0.39, 0.29) is 10.4 Å². The molecule has 0 amide bonds. The molecule has 3 rings (SSSR count). The SMILES string of the molecule is CC(C)(c1ccc(CCc2ocnc2S(C)(=O)=O)cc1)c1cc(Cl)c(OCCCl)c(Cl)c1. The van der Waals surface area contributed by atoms with E-state index in [2.05, 4.69) is 18.8 Å². The highest BCUT2D eigenvalue weighted by Crippen LogP contribution is 2.40. The Morgan fingerprint density at radius 1 is 1.03 bits per heavy atom. The van der Waals surface area contributed by atoms with Crippen molar-refractivity contribution < 1.29 is 17.6 Å². The molecule has 0 aliphatic rings. The first kappa shape index (κ1) is 24.9. The highest BCUT2D eigenvalue weighted by atomic mass is 35.5. The molecule has 3 aromatic rings. The van der Waals surface area contributed by atoms with Crippen molar-refractivity contribution in [2.24, 2.45) is 0 Å². The third-order valence-electron chi connectivity index (χ3n) is 5.31. The topological polar surface area (TPSA) is 69.4 Å². The van der Waals surface area contributed by atoms with E-state index in [1.807, 2.05) is 36.4 Å². The maximum atomic E-state index is 11.8. The average molecular weight is 517 g/mol. The Bertz CT molecular complexity index is 1170.